The first-order valence-electron chi connectivity index (χ1n) is 7.04. The van der Waals surface area contributed by atoms with E-state index in [1.54, 1.807) is 10.4 Å². The van der Waals surface area contributed by atoms with E-state index >= 15 is 0 Å². The number of nitrogens with zero attached hydrogens (tertiary/aromatic N) is 2. The molecule has 0 spiro atoms. The van der Waals surface area contributed by atoms with Gasteiger partial charge in [-0.3, -0.25) is 9.59 Å². The predicted octanol–water partition coefficient (Wildman–Crippen LogP) is 1.93. The molecule has 1 saturated heterocycles. The normalized spacial score (nSPS) is 26.2. The highest BCUT2D eigenvalue weighted by atomic mass is 32.1. The third-order valence-corrected chi connectivity index (χ3v) is 5.20. The van der Waals surface area contributed by atoms with Gasteiger partial charge in [0.25, 0.3) is 5.91 Å². The molecule has 0 bridgehead atoms. The molecule has 2 heterocycles. The van der Waals surface area contributed by atoms with Crippen molar-refractivity contribution in [1.29, 1.82) is 0 Å². The standard InChI is InChI=1S/C15H15N3O2S/c1-15(9-2-3-9)14(20)18(7-13(19)17-15)10-4-5-11-12(6-10)21-8-16-11/h4-6,8-9H,2-3,7H2,1H3,(H,17,19). The molecule has 1 aromatic heterocycles. The molecule has 1 aliphatic heterocycles. The Hall–Kier alpha value is -1.95. The van der Waals surface area contributed by atoms with Gasteiger partial charge in [0.15, 0.2) is 0 Å². The monoisotopic (exact) mass is 301 g/mol. The molecular weight excluding hydrogens is 286 g/mol. The summed E-state index contributed by atoms with van der Waals surface area (Å²) in [6, 6.07) is 5.71. The fourth-order valence-corrected chi connectivity index (χ4v) is 3.75. The molecule has 6 heteroatoms. The number of amides is 2. The highest BCUT2D eigenvalue weighted by Crippen LogP contribution is 2.42. The molecule has 1 N–H and O–H groups in total. The molecule has 1 aliphatic carbocycles. The number of nitrogens with one attached hydrogen (secondary N) is 1. The summed E-state index contributed by atoms with van der Waals surface area (Å²) >= 11 is 1.54. The number of hydrogen-bond acceptors (Lipinski definition) is 4. The number of aromatic nitrogens is 1. The number of hydrogen-bond donors (Lipinski definition) is 1. The van der Waals surface area contributed by atoms with Crippen LogP contribution in [0.5, 0.6) is 0 Å². The van der Waals surface area contributed by atoms with Gasteiger partial charge in [0.1, 0.15) is 12.1 Å². The van der Waals surface area contributed by atoms with Crippen LogP contribution >= 0.6 is 11.3 Å². The van der Waals surface area contributed by atoms with Crippen molar-refractivity contribution in [3.8, 4) is 0 Å². The zero-order chi connectivity index (χ0) is 14.6. The number of carbonyl (C=O) groups excluding carboxylic acids is 2. The SMILES string of the molecule is CC1(C2CC2)NC(=O)CN(c2ccc3ncsc3c2)C1=O. The van der Waals surface area contributed by atoms with Gasteiger partial charge in [-0.05, 0) is 43.9 Å². The lowest BCUT2D eigenvalue weighted by Gasteiger charge is -2.40. The molecule has 1 saturated carbocycles. The molecule has 21 heavy (non-hydrogen) atoms. The summed E-state index contributed by atoms with van der Waals surface area (Å²) in [5, 5.41) is 2.90. The Morgan fingerprint density at radius 1 is 1.38 bits per heavy atom. The summed E-state index contributed by atoms with van der Waals surface area (Å²) in [6.07, 6.45) is 2.01. The highest BCUT2D eigenvalue weighted by Gasteiger charge is 2.52. The van der Waals surface area contributed by atoms with Crippen molar-refractivity contribution in [2.75, 3.05) is 11.4 Å². The van der Waals surface area contributed by atoms with Crippen molar-refractivity contribution < 1.29 is 9.59 Å². The van der Waals surface area contributed by atoms with Gasteiger partial charge in [0.2, 0.25) is 5.91 Å². The molecule has 4 rings (SSSR count). The van der Waals surface area contributed by atoms with Gasteiger partial charge in [-0.2, -0.15) is 0 Å². The van der Waals surface area contributed by atoms with Crippen molar-refractivity contribution >= 4 is 39.1 Å². The minimum absolute atomic E-state index is 0.00605. The second-order valence-electron chi connectivity index (χ2n) is 5.92. The van der Waals surface area contributed by atoms with E-state index in [9.17, 15) is 9.59 Å². The number of fused-ring (bicyclic) bond motifs is 1. The summed E-state index contributed by atoms with van der Waals surface area (Å²) < 4.78 is 1.03. The van der Waals surface area contributed by atoms with E-state index < -0.39 is 5.54 Å². The Morgan fingerprint density at radius 2 is 2.19 bits per heavy atom. The van der Waals surface area contributed by atoms with Crippen LogP contribution in [0, 0.1) is 5.92 Å². The van der Waals surface area contributed by atoms with E-state index in [-0.39, 0.29) is 24.3 Å². The van der Waals surface area contributed by atoms with Gasteiger partial charge in [-0.1, -0.05) is 0 Å². The van der Waals surface area contributed by atoms with Crippen molar-refractivity contribution in [2.45, 2.75) is 25.3 Å². The van der Waals surface area contributed by atoms with E-state index in [1.807, 2.05) is 25.1 Å². The van der Waals surface area contributed by atoms with E-state index in [0.717, 1.165) is 28.7 Å². The van der Waals surface area contributed by atoms with Crippen LogP contribution in [-0.2, 0) is 9.59 Å². The molecule has 1 aromatic carbocycles. The highest BCUT2D eigenvalue weighted by molar-refractivity contribution is 7.16. The molecule has 2 aromatic rings. The van der Waals surface area contributed by atoms with E-state index in [1.165, 1.54) is 11.3 Å². The number of benzene rings is 1. The summed E-state index contributed by atoms with van der Waals surface area (Å²) in [5.41, 5.74) is 2.73. The van der Waals surface area contributed by atoms with E-state index in [4.69, 9.17) is 0 Å². The second-order valence-corrected chi connectivity index (χ2v) is 6.81. The molecule has 1 unspecified atom stereocenters. The van der Waals surface area contributed by atoms with Crippen molar-refractivity contribution in [3.05, 3.63) is 23.7 Å². The molecule has 2 aliphatic rings. The fraction of sp³-hybridized carbons (Fsp3) is 0.400. The lowest BCUT2D eigenvalue weighted by molar-refractivity contribution is -0.136. The average Bonchev–Trinajstić information content (AvgIpc) is 3.22. The summed E-state index contributed by atoms with van der Waals surface area (Å²) in [5.74, 6) is 0.172. The average molecular weight is 301 g/mol. The van der Waals surface area contributed by atoms with Crippen LogP contribution in [0.2, 0.25) is 0 Å². The first-order valence-corrected chi connectivity index (χ1v) is 7.92. The number of thiazole rings is 1. The molecule has 2 fully saturated rings. The van der Waals surface area contributed by atoms with Gasteiger partial charge < -0.3 is 10.2 Å². The molecular formula is C15H15N3O2S. The first kappa shape index (κ1) is 12.8. The second kappa shape index (κ2) is 4.27. The first-order chi connectivity index (χ1) is 10.1. The largest absolute Gasteiger partial charge is 0.340 e. The summed E-state index contributed by atoms with van der Waals surface area (Å²) in [4.78, 5) is 30.7. The van der Waals surface area contributed by atoms with Crippen LogP contribution in [0.4, 0.5) is 5.69 Å². The van der Waals surface area contributed by atoms with Crippen LogP contribution < -0.4 is 10.2 Å². The Morgan fingerprint density at radius 3 is 2.95 bits per heavy atom. The third kappa shape index (κ3) is 1.93. The summed E-state index contributed by atoms with van der Waals surface area (Å²) in [7, 11) is 0. The molecule has 0 radical (unpaired) electrons. The Labute approximate surface area is 126 Å². The van der Waals surface area contributed by atoms with Crippen molar-refractivity contribution in [2.24, 2.45) is 5.92 Å². The lowest BCUT2D eigenvalue weighted by Crippen LogP contribution is -2.66. The van der Waals surface area contributed by atoms with Gasteiger partial charge in [0.05, 0.1) is 15.7 Å². The minimum Gasteiger partial charge on any atom is -0.340 e. The Bertz CT molecular complexity index is 752. The van der Waals surface area contributed by atoms with Crippen molar-refractivity contribution in [1.82, 2.24) is 10.3 Å². The molecule has 5 nitrogen and oxygen atoms in total. The topological polar surface area (TPSA) is 62.3 Å². The van der Waals surface area contributed by atoms with Gasteiger partial charge in [0, 0.05) is 5.69 Å². The number of anilines is 1. The molecule has 1 atom stereocenters. The maximum absolute atomic E-state index is 12.8. The zero-order valence-corrected chi connectivity index (χ0v) is 12.4. The lowest BCUT2D eigenvalue weighted by atomic mass is 9.91. The van der Waals surface area contributed by atoms with Crippen molar-refractivity contribution in [3.63, 3.8) is 0 Å². The van der Waals surface area contributed by atoms with Crippen LogP contribution in [0.15, 0.2) is 23.7 Å². The van der Waals surface area contributed by atoms with Gasteiger partial charge in [-0.25, -0.2) is 4.98 Å². The third-order valence-electron chi connectivity index (χ3n) is 4.41. The summed E-state index contributed by atoms with van der Waals surface area (Å²) in [6.45, 7) is 1.94. The maximum Gasteiger partial charge on any atom is 0.253 e. The smallest absolute Gasteiger partial charge is 0.253 e. The maximum atomic E-state index is 12.8. The van der Waals surface area contributed by atoms with Crippen LogP contribution in [0.25, 0.3) is 10.2 Å². The number of carbonyl (C=O) groups is 2. The molecule has 2 amide bonds. The van der Waals surface area contributed by atoms with Gasteiger partial charge >= 0.3 is 0 Å². The Kier molecular flexibility index (Phi) is 2.60. The van der Waals surface area contributed by atoms with Crippen LogP contribution in [0.3, 0.4) is 0 Å². The Balaban J connectivity index is 1.75. The zero-order valence-electron chi connectivity index (χ0n) is 11.6. The van der Waals surface area contributed by atoms with Crippen LogP contribution in [0.1, 0.15) is 19.8 Å². The minimum atomic E-state index is -0.752. The predicted molar refractivity (Wildman–Crippen MR) is 81.2 cm³/mol. The quantitative estimate of drug-likeness (QED) is 0.922. The number of piperazine rings is 1. The number of rotatable bonds is 2. The molecule has 108 valence electrons. The fourth-order valence-electron chi connectivity index (χ4n) is 3.04. The van der Waals surface area contributed by atoms with Crippen LogP contribution in [-0.4, -0.2) is 28.9 Å². The van der Waals surface area contributed by atoms with E-state index in [0.29, 0.717) is 0 Å². The van der Waals surface area contributed by atoms with Gasteiger partial charge in [-0.15, -0.1) is 11.3 Å². The van der Waals surface area contributed by atoms with E-state index in [2.05, 4.69) is 10.3 Å².